The van der Waals surface area contributed by atoms with E-state index in [-0.39, 0.29) is 48.3 Å². The fourth-order valence-corrected chi connectivity index (χ4v) is 4.20. The second-order valence-corrected chi connectivity index (χ2v) is 9.68. The number of nitrogens with one attached hydrogen (secondary N) is 2. The third-order valence-electron chi connectivity index (χ3n) is 5.19. The number of benzene rings is 2. The molecule has 14 heteroatoms. The van der Waals surface area contributed by atoms with Crippen molar-refractivity contribution in [3.05, 3.63) is 71.6 Å². The van der Waals surface area contributed by atoms with Gasteiger partial charge in [-0.3, -0.25) is 14.4 Å². The van der Waals surface area contributed by atoms with Crippen LogP contribution in [-0.2, 0) is 32.3 Å². The number of rotatable bonds is 6. The maximum Gasteiger partial charge on any atom is 0.416 e. The Morgan fingerprint density at radius 1 is 1.11 bits per heavy atom. The lowest BCUT2D eigenvalue weighted by Gasteiger charge is -2.23. The van der Waals surface area contributed by atoms with Gasteiger partial charge in [-0.25, -0.2) is 13.2 Å². The molecule has 0 radical (unpaired) electrons. The average Bonchev–Trinajstić information content (AvgIpc) is 3.10. The second-order valence-electron chi connectivity index (χ2n) is 7.94. The van der Waals surface area contributed by atoms with Crippen molar-refractivity contribution in [2.24, 2.45) is 4.99 Å². The highest BCUT2D eigenvalue weighted by Gasteiger charge is 2.36. The van der Waals surface area contributed by atoms with E-state index in [0.717, 1.165) is 23.5 Å². The van der Waals surface area contributed by atoms with Crippen LogP contribution in [0.5, 0.6) is 0 Å². The van der Waals surface area contributed by atoms with Gasteiger partial charge in [-0.1, -0.05) is 24.3 Å². The number of sulfonamides is 1. The van der Waals surface area contributed by atoms with Crippen LogP contribution in [0.4, 0.5) is 29.3 Å². The minimum Gasteiger partial charge on any atom is -0.431 e. The maximum atomic E-state index is 13.3. The number of anilines is 2. The molecule has 0 bridgehead atoms. The van der Waals surface area contributed by atoms with E-state index in [1.54, 1.807) is 6.07 Å². The number of hydrogen-bond donors (Lipinski definition) is 2. The van der Waals surface area contributed by atoms with Crippen molar-refractivity contribution in [1.82, 2.24) is 9.80 Å². The Morgan fingerprint density at radius 2 is 1.83 bits per heavy atom. The predicted molar refractivity (Wildman–Crippen MR) is 124 cm³/mol. The third-order valence-corrected chi connectivity index (χ3v) is 5.80. The van der Waals surface area contributed by atoms with Crippen molar-refractivity contribution in [3.8, 4) is 0 Å². The van der Waals surface area contributed by atoms with Crippen LogP contribution in [0.2, 0.25) is 0 Å². The van der Waals surface area contributed by atoms with Crippen LogP contribution in [0.15, 0.2) is 65.5 Å². The van der Waals surface area contributed by atoms with Crippen LogP contribution in [0.3, 0.4) is 0 Å². The number of urea groups is 1. The van der Waals surface area contributed by atoms with Crippen molar-refractivity contribution in [3.63, 3.8) is 0 Å². The van der Waals surface area contributed by atoms with Gasteiger partial charge in [-0.15, -0.1) is 4.99 Å². The molecule has 0 saturated heterocycles. The minimum absolute atomic E-state index is 0.0144. The van der Waals surface area contributed by atoms with E-state index in [1.807, 2.05) is 0 Å². The van der Waals surface area contributed by atoms with Gasteiger partial charge in [-0.2, -0.15) is 13.2 Å². The van der Waals surface area contributed by atoms with Crippen molar-refractivity contribution in [2.75, 3.05) is 29.4 Å². The molecule has 3 amide bonds. The Labute approximate surface area is 204 Å². The number of carbonyl (C=O) groups is 2. The number of ether oxygens (including phenoxy) is 1. The summed E-state index contributed by atoms with van der Waals surface area (Å²) in [4.78, 5) is 31.8. The third kappa shape index (κ3) is 5.76. The molecule has 0 saturated carbocycles. The molecule has 0 fully saturated rings. The van der Waals surface area contributed by atoms with Gasteiger partial charge in [0.1, 0.15) is 12.0 Å². The largest absolute Gasteiger partial charge is 0.431 e. The summed E-state index contributed by atoms with van der Waals surface area (Å²) in [5, 5.41) is 2.61. The zero-order valence-electron chi connectivity index (χ0n) is 18.7. The van der Waals surface area contributed by atoms with E-state index in [2.05, 4.69) is 15.0 Å². The highest BCUT2D eigenvalue weighted by Crippen LogP contribution is 2.33. The first kappa shape index (κ1) is 25.0. The molecule has 0 unspecified atom stereocenters. The molecule has 2 aromatic carbocycles. The molecule has 2 aliphatic rings. The molecule has 10 nitrogen and oxygen atoms in total. The van der Waals surface area contributed by atoms with Crippen molar-refractivity contribution in [2.45, 2.75) is 12.7 Å². The second kappa shape index (κ2) is 9.53. The fraction of sp³-hybridized carbons (Fsp3) is 0.227. The van der Waals surface area contributed by atoms with Crippen LogP contribution in [0.25, 0.3) is 0 Å². The van der Waals surface area contributed by atoms with Crippen molar-refractivity contribution >= 4 is 39.4 Å². The number of fused-ring (bicyclic) bond motifs is 1. The molecule has 2 heterocycles. The first-order valence-corrected chi connectivity index (χ1v) is 12.4. The number of amidine groups is 1. The number of nitrogens with zero attached hydrogens (tertiary/aromatic N) is 3. The highest BCUT2D eigenvalue weighted by atomic mass is 32.2. The lowest BCUT2D eigenvalue weighted by molar-refractivity contribution is -0.138. The van der Waals surface area contributed by atoms with Crippen LogP contribution in [0.1, 0.15) is 11.1 Å². The molecular weight excluding hydrogens is 503 g/mol. The number of hydrogen-bond acceptors (Lipinski definition) is 6. The molecule has 0 atom stereocenters. The van der Waals surface area contributed by atoms with Crippen LogP contribution < -0.4 is 10.0 Å². The zero-order chi connectivity index (χ0) is 26.1. The monoisotopic (exact) mass is 523 g/mol. The SMILES string of the molecule is CS(=O)(=O)Nc1cccc(NC(=O)C2=COC3=NC(=O)N(Cc4ccccc4C(F)(F)F)CCN23)c1. The summed E-state index contributed by atoms with van der Waals surface area (Å²) >= 11 is 0. The van der Waals surface area contributed by atoms with Gasteiger partial charge in [0.15, 0.2) is 0 Å². The van der Waals surface area contributed by atoms with E-state index >= 15 is 0 Å². The van der Waals surface area contributed by atoms with E-state index in [4.69, 9.17) is 4.74 Å². The number of carbonyl (C=O) groups excluding carboxylic acids is 2. The molecule has 190 valence electrons. The maximum absolute atomic E-state index is 13.3. The van der Waals surface area contributed by atoms with E-state index in [0.29, 0.717) is 0 Å². The summed E-state index contributed by atoms with van der Waals surface area (Å²) in [6.07, 6.45) is -2.48. The molecule has 0 spiro atoms. The van der Waals surface area contributed by atoms with Gasteiger partial charge in [-0.05, 0) is 29.8 Å². The molecular formula is C22H20F3N5O5S. The standard InChI is InChI=1S/C22H20F3N5O5S/c1-36(33,34)28-16-7-4-6-15(11-16)26-19(31)18-13-35-21-27-20(32)29(9-10-30(18)21)12-14-5-2-3-8-17(14)22(23,24)25/h2-8,11,13,28H,9-10,12H2,1H3,(H,26,31). The zero-order valence-corrected chi connectivity index (χ0v) is 19.6. The van der Waals surface area contributed by atoms with E-state index in [1.165, 1.54) is 41.3 Å². The van der Waals surface area contributed by atoms with E-state index in [9.17, 15) is 31.2 Å². The Bertz CT molecular complexity index is 1370. The summed E-state index contributed by atoms with van der Waals surface area (Å²) in [6.45, 7) is -0.321. The minimum atomic E-state index is -4.58. The predicted octanol–water partition coefficient (Wildman–Crippen LogP) is 3.18. The van der Waals surface area contributed by atoms with Crippen molar-refractivity contribution in [1.29, 1.82) is 0 Å². The molecule has 2 aliphatic heterocycles. The van der Waals surface area contributed by atoms with Gasteiger partial charge in [0.2, 0.25) is 10.0 Å². The Balaban J connectivity index is 1.46. The summed E-state index contributed by atoms with van der Waals surface area (Å²) in [5.74, 6) is -0.625. The first-order valence-electron chi connectivity index (χ1n) is 10.5. The molecule has 0 aromatic heterocycles. The Hall–Kier alpha value is -4.07. The average molecular weight is 523 g/mol. The highest BCUT2D eigenvalue weighted by molar-refractivity contribution is 7.92. The normalized spacial score (nSPS) is 15.9. The summed E-state index contributed by atoms with van der Waals surface area (Å²) < 4.78 is 70.5. The lowest BCUT2D eigenvalue weighted by Crippen LogP contribution is -2.36. The Morgan fingerprint density at radius 3 is 2.56 bits per heavy atom. The first-order chi connectivity index (χ1) is 16.9. The van der Waals surface area contributed by atoms with Crippen LogP contribution >= 0.6 is 0 Å². The molecule has 2 N–H and O–H groups in total. The topological polar surface area (TPSA) is 120 Å². The van der Waals surface area contributed by atoms with Gasteiger partial charge < -0.3 is 15.0 Å². The molecule has 36 heavy (non-hydrogen) atoms. The van der Waals surface area contributed by atoms with Gasteiger partial charge in [0, 0.05) is 25.3 Å². The van der Waals surface area contributed by atoms with Crippen LogP contribution in [0, 0.1) is 0 Å². The number of amides is 3. The number of alkyl halides is 3. The smallest absolute Gasteiger partial charge is 0.416 e. The summed E-state index contributed by atoms with van der Waals surface area (Å²) in [7, 11) is -3.52. The van der Waals surface area contributed by atoms with Gasteiger partial charge in [0.25, 0.3) is 5.91 Å². The Kier molecular flexibility index (Phi) is 6.63. The van der Waals surface area contributed by atoms with Crippen LogP contribution in [-0.4, -0.2) is 55.5 Å². The molecule has 4 rings (SSSR count). The quantitative estimate of drug-likeness (QED) is 0.600. The summed E-state index contributed by atoms with van der Waals surface area (Å²) in [5.41, 5.74) is -0.391. The fourth-order valence-electron chi connectivity index (χ4n) is 3.64. The lowest BCUT2D eigenvalue weighted by atomic mass is 10.1. The molecule has 2 aromatic rings. The van der Waals surface area contributed by atoms with Gasteiger partial charge >= 0.3 is 18.2 Å². The summed E-state index contributed by atoms with van der Waals surface area (Å²) in [6, 6.07) is 9.97. The molecule has 0 aliphatic carbocycles. The number of aliphatic imine (C=N–C) groups is 1. The van der Waals surface area contributed by atoms with Gasteiger partial charge in [0.05, 0.1) is 17.5 Å². The van der Waals surface area contributed by atoms with E-state index < -0.39 is 33.7 Å². The number of halogens is 3. The van der Waals surface area contributed by atoms with Crippen molar-refractivity contribution < 1.29 is 35.9 Å².